The van der Waals surface area contributed by atoms with Crippen molar-refractivity contribution in [3.63, 3.8) is 0 Å². The van der Waals surface area contributed by atoms with Crippen LogP contribution < -0.4 is 0 Å². The molecule has 46 heavy (non-hydrogen) atoms. The lowest BCUT2D eigenvalue weighted by Gasteiger charge is -2.05. The van der Waals surface area contributed by atoms with Crippen LogP contribution in [0.1, 0.15) is 0 Å². The van der Waals surface area contributed by atoms with E-state index in [0.29, 0.717) is 0 Å². The van der Waals surface area contributed by atoms with Gasteiger partial charge in [-0.2, -0.15) is 0 Å². The maximum atomic E-state index is 6.86. The summed E-state index contributed by atoms with van der Waals surface area (Å²) in [4.78, 5) is 5.14. The van der Waals surface area contributed by atoms with Crippen LogP contribution in [0.25, 0.3) is 108 Å². The molecule has 0 unspecified atom stereocenters. The van der Waals surface area contributed by atoms with Crippen molar-refractivity contribution in [3.8, 4) is 44.0 Å². The van der Waals surface area contributed by atoms with Gasteiger partial charge in [-0.1, -0.05) is 121 Å². The fraction of sp³-hybridized carbons (Fsp3) is 0. The Morgan fingerprint density at radius 3 is 2.07 bits per heavy atom. The highest BCUT2D eigenvalue weighted by atomic mass is 32.1. The van der Waals surface area contributed by atoms with Crippen molar-refractivity contribution in [2.24, 2.45) is 0 Å². The number of nitrogens with zero attached hydrogens (tertiary/aromatic N) is 1. The Morgan fingerprint density at radius 2 is 1.13 bits per heavy atom. The van der Waals surface area contributed by atoms with E-state index in [1.165, 1.54) is 59.3 Å². The average Bonchev–Trinajstić information content (AvgIpc) is 3.82. The van der Waals surface area contributed by atoms with Gasteiger partial charge in [-0.15, -0.1) is 11.3 Å². The van der Waals surface area contributed by atoms with Crippen molar-refractivity contribution >= 4 is 75.8 Å². The third-order valence-corrected chi connectivity index (χ3v) is 10.9. The Kier molecular flexibility index (Phi) is 4.75. The summed E-state index contributed by atoms with van der Waals surface area (Å²) < 4.78 is 8.09. The summed E-state index contributed by atoms with van der Waals surface area (Å²) in [6.07, 6.45) is 0. The van der Waals surface area contributed by atoms with Gasteiger partial charge in [0.15, 0.2) is 0 Å². The lowest BCUT2D eigenvalue weighted by atomic mass is 9.97. The highest BCUT2D eigenvalue weighted by Gasteiger charge is 2.25. The number of para-hydroxylation sites is 1. The Morgan fingerprint density at radius 1 is 0.435 bits per heavy atom. The highest BCUT2D eigenvalue weighted by molar-refractivity contribution is 7.22. The Balaban J connectivity index is 1.11. The molecule has 1 aliphatic carbocycles. The zero-order chi connectivity index (χ0) is 29.9. The topological polar surface area (TPSA) is 26.0 Å². The van der Waals surface area contributed by atoms with Crippen molar-refractivity contribution in [2.75, 3.05) is 0 Å². The van der Waals surface area contributed by atoms with Gasteiger partial charge < -0.3 is 4.42 Å². The summed E-state index contributed by atoms with van der Waals surface area (Å²) in [5.41, 5.74) is 11.4. The van der Waals surface area contributed by atoms with Crippen LogP contribution in [0.5, 0.6) is 0 Å². The number of furan rings is 1. The molecular formula is C43H23NOS. The first kappa shape index (κ1) is 24.5. The normalized spacial score (nSPS) is 12.3. The van der Waals surface area contributed by atoms with Gasteiger partial charge in [0.25, 0.3) is 0 Å². The van der Waals surface area contributed by atoms with E-state index in [9.17, 15) is 0 Å². The average molecular weight is 602 g/mol. The second kappa shape index (κ2) is 8.91. The molecule has 1 aliphatic rings. The van der Waals surface area contributed by atoms with E-state index in [-0.39, 0.29) is 0 Å². The maximum absolute atomic E-state index is 6.86. The number of hydrogen-bond acceptors (Lipinski definition) is 3. The molecule has 2 heterocycles. The molecule has 0 amide bonds. The van der Waals surface area contributed by atoms with Crippen LogP contribution in [0.3, 0.4) is 0 Å². The molecule has 3 heteroatoms. The minimum Gasteiger partial charge on any atom is -0.455 e. The fourth-order valence-corrected chi connectivity index (χ4v) is 8.89. The Labute approximate surface area is 267 Å². The molecule has 11 rings (SSSR count). The maximum Gasteiger partial charge on any atom is 0.143 e. The molecule has 10 aromatic rings. The van der Waals surface area contributed by atoms with Gasteiger partial charge in [0.2, 0.25) is 0 Å². The van der Waals surface area contributed by atoms with Gasteiger partial charge in [0, 0.05) is 38.1 Å². The monoisotopic (exact) mass is 601 g/mol. The number of hydrogen-bond donors (Lipinski definition) is 0. The minimum atomic E-state index is 0.925. The van der Waals surface area contributed by atoms with Crippen LogP contribution in [0.4, 0.5) is 0 Å². The van der Waals surface area contributed by atoms with Crippen molar-refractivity contribution in [3.05, 3.63) is 140 Å². The fourth-order valence-electron chi connectivity index (χ4n) is 7.76. The third-order valence-electron chi connectivity index (χ3n) is 9.81. The third kappa shape index (κ3) is 3.22. The van der Waals surface area contributed by atoms with E-state index in [1.54, 1.807) is 11.3 Å². The summed E-state index contributed by atoms with van der Waals surface area (Å²) in [5.74, 6) is 0. The molecule has 0 radical (unpaired) electrons. The molecule has 0 saturated carbocycles. The molecule has 0 fully saturated rings. The second-order valence-corrected chi connectivity index (χ2v) is 13.3. The summed E-state index contributed by atoms with van der Waals surface area (Å²) in [7, 11) is 0. The Hall–Kier alpha value is -5.77. The number of benzene rings is 8. The SMILES string of the molecule is c1cc(-c2nc3ccc4ccc5ccccc5c4c3s2)cc(-c2cccc3c2oc2c4cccc5c4c(cc32)-c2ccccc2-5)c1. The summed E-state index contributed by atoms with van der Waals surface area (Å²) in [6, 6.07) is 50.4. The van der Waals surface area contributed by atoms with Gasteiger partial charge in [-0.3, -0.25) is 0 Å². The summed E-state index contributed by atoms with van der Waals surface area (Å²) in [6.45, 7) is 0. The van der Waals surface area contributed by atoms with Crippen LogP contribution in [0.15, 0.2) is 144 Å². The molecule has 0 spiro atoms. The number of thiazole rings is 1. The largest absolute Gasteiger partial charge is 0.455 e. The highest BCUT2D eigenvalue weighted by Crippen LogP contribution is 2.51. The standard InChI is InChI=1S/C43H23NOS/c1-2-11-28-24(8-1)18-19-25-20-21-37-42(38(25)28)46-43(44-37)27-10-5-9-26(22-27)29-14-6-16-33-36-23-35-31-13-4-3-12-30(31)32-15-7-17-34(39(32)35)41(36)45-40(29)33/h1-23H. The van der Waals surface area contributed by atoms with E-state index in [4.69, 9.17) is 9.40 Å². The first-order valence-corrected chi connectivity index (χ1v) is 16.4. The Bertz CT molecular complexity index is 2930. The number of fused-ring (bicyclic) bond motifs is 12. The van der Waals surface area contributed by atoms with Crippen LogP contribution >= 0.6 is 11.3 Å². The predicted octanol–water partition coefficient (Wildman–Crippen LogP) is 12.6. The summed E-state index contributed by atoms with van der Waals surface area (Å²) in [5, 5.41) is 10.9. The van der Waals surface area contributed by atoms with Crippen LogP contribution in [-0.2, 0) is 0 Å². The molecule has 0 aliphatic heterocycles. The number of rotatable bonds is 2. The first-order chi connectivity index (χ1) is 22.8. The molecule has 0 N–H and O–H groups in total. The molecule has 212 valence electrons. The van der Waals surface area contributed by atoms with Crippen molar-refractivity contribution < 1.29 is 4.42 Å². The van der Waals surface area contributed by atoms with E-state index >= 15 is 0 Å². The lowest BCUT2D eigenvalue weighted by Crippen LogP contribution is -1.82. The summed E-state index contributed by atoms with van der Waals surface area (Å²) >= 11 is 1.78. The molecule has 2 aromatic heterocycles. The molecule has 2 nitrogen and oxygen atoms in total. The zero-order valence-corrected chi connectivity index (χ0v) is 25.4. The van der Waals surface area contributed by atoms with E-state index < -0.39 is 0 Å². The lowest BCUT2D eigenvalue weighted by molar-refractivity contribution is 0.674. The zero-order valence-electron chi connectivity index (χ0n) is 24.5. The molecule has 0 saturated heterocycles. The molecular weight excluding hydrogens is 579 g/mol. The van der Waals surface area contributed by atoms with Gasteiger partial charge >= 0.3 is 0 Å². The molecule has 8 aromatic carbocycles. The first-order valence-electron chi connectivity index (χ1n) is 15.6. The van der Waals surface area contributed by atoms with E-state index in [1.807, 2.05) is 0 Å². The molecule has 0 atom stereocenters. The van der Waals surface area contributed by atoms with Gasteiger partial charge in [-0.25, -0.2) is 4.98 Å². The van der Waals surface area contributed by atoms with Crippen molar-refractivity contribution in [1.82, 2.24) is 4.98 Å². The minimum absolute atomic E-state index is 0.925. The van der Waals surface area contributed by atoms with Gasteiger partial charge in [0.05, 0.1) is 10.2 Å². The van der Waals surface area contributed by atoms with Crippen LogP contribution in [-0.4, -0.2) is 4.98 Å². The molecule has 0 bridgehead atoms. The quantitative estimate of drug-likeness (QED) is 0.184. The van der Waals surface area contributed by atoms with Crippen LogP contribution in [0.2, 0.25) is 0 Å². The number of aromatic nitrogens is 1. The van der Waals surface area contributed by atoms with Crippen LogP contribution in [0, 0.1) is 0 Å². The van der Waals surface area contributed by atoms with Crippen molar-refractivity contribution in [2.45, 2.75) is 0 Å². The smallest absolute Gasteiger partial charge is 0.143 e. The van der Waals surface area contributed by atoms with E-state index in [2.05, 4.69) is 140 Å². The van der Waals surface area contributed by atoms with Gasteiger partial charge in [-0.05, 0) is 62.2 Å². The van der Waals surface area contributed by atoms with Crippen molar-refractivity contribution in [1.29, 1.82) is 0 Å². The second-order valence-electron chi connectivity index (χ2n) is 12.3. The predicted molar refractivity (Wildman–Crippen MR) is 195 cm³/mol. The van der Waals surface area contributed by atoms with Gasteiger partial charge in [0.1, 0.15) is 16.2 Å². The van der Waals surface area contributed by atoms with E-state index in [0.717, 1.165) is 49.2 Å².